The summed E-state index contributed by atoms with van der Waals surface area (Å²) >= 11 is 3.62. The lowest BCUT2D eigenvalue weighted by molar-refractivity contribution is -0.0515. The van der Waals surface area contributed by atoms with Crippen LogP contribution in [0, 0.1) is 5.92 Å². The molecule has 1 saturated carbocycles. The fourth-order valence-electron chi connectivity index (χ4n) is 3.38. The van der Waals surface area contributed by atoms with Crippen molar-refractivity contribution in [3.63, 3.8) is 0 Å². The summed E-state index contributed by atoms with van der Waals surface area (Å²) < 4.78 is 38.7. The predicted octanol–water partition coefficient (Wildman–Crippen LogP) is 6.22. The molecular formula is C23H18BrF2N3O2. The van der Waals surface area contributed by atoms with Crippen LogP contribution in [0.1, 0.15) is 12.8 Å². The van der Waals surface area contributed by atoms with E-state index in [2.05, 4.69) is 25.7 Å². The molecule has 0 radical (unpaired) electrons. The summed E-state index contributed by atoms with van der Waals surface area (Å²) in [6.07, 6.45) is 3.89. The minimum absolute atomic E-state index is 0.0244. The molecule has 1 aliphatic carbocycles. The lowest BCUT2D eigenvalue weighted by atomic mass is 10.1. The zero-order chi connectivity index (χ0) is 21.4. The molecule has 0 saturated heterocycles. The highest BCUT2D eigenvalue weighted by molar-refractivity contribution is 9.10. The second-order valence-electron chi connectivity index (χ2n) is 7.39. The first-order chi connectivity index (χ1) is 15.1. The quantitative estimate of drug-likeness (QED) is 0.312. The van der Waals surface area contributed by atoms with Gasteiger partial charge in [-0.1, -0.05) is 30.3 Å². The third-order valence-corrected chi connectivity index (χ3v) is 5.87. The second-order valence-corrected chi connectivity index (χ2v) is 8.18. The third kappa shape index (κ3) is 4.12. The van der Waals surface area contributed by atoms with Gasteiger partial charge in [-0.3, -0.25) is 0 Å². The number of rotatable bonds is 7. The smallest absolute Gasteiger partial charge is 0.387 e. The fraction of sp³-hybridized carbons (Fsp3) is 0.217. The number of aromatic nitrogens is 3. The van der Waals surface area contributed by atoms with E-state index in [9.17, 15) is 8.78 Å². The van der Waals surface area contributed by atoms with Crippen LogP contribution in [-0.4, -0.2) is 27.8 Å². The zero-order valence-corrected chi connectivity index (χ0v) is 17.9. The molecule has 0 spiro atoms. The predicted molar refractivity (Wildman–Crippen MR) is 116 cm³/mol. The van der Waals surface area contributed by atoms with Crippen molar-refractivity contribution in [3.8, 4) is 34.0 Å². The molecule has 0 amide bonds. The van der Waals surface area contributed by atoms with Crippen LogP contribution in [0.3, 0.4) is 0 Å². The Kier molecular flexibility index (Phi) is 5.31. The number of ether oxygens (including phenoxy) is 2. The molecule has 4 aromatic rings. The number of hydrogen-bond acceptors (Lipinski definition) is 4. The van der Waals surface area contributed by atoms with E-state index in [-0.39, 0.29) is 5.75 Å². The molecule has 0 bridgehead atoms. The third-order valence-electron chi connectivity index (χ3n) is 5.14. The van der Waals surface area contributed by atoms with Crippen LogP contribution in [0.25, 0.3) is 28.2 Å². The minimum Gasteiger partial charge on any atom is -0.489 e. The van der Waals surface area contributed by atoms with E-state index >= 15 is 0 Å². The van der Waals surface area contributed by atoms with Crippen LogP contribution in [0.2, 0.25) is 0 Å². The van der Waals surface area contributed by atoms with E-state index in [0.717, 1.165) is 39.8 Å². The fourth-order valence-corrected chi connectivity index (χ4v) is 3.96. The summed E-state index contributed by atoms with van der Waals surface area (Å²) in [7, 11) is 0. The molecule has 0 aliphatic heterocycles. The average molecular weight is 486 g/mol. The van der Waals surface area contributed by atoms with Gasteiger partial charge < -0.3 is 9.47 Å². The van der Waals surface area contributed by atoms with E-state index in [1.54, 1.807) is 22.8 Å². The van der Waals surface area contributed by atoms with Crippen LogP contribution in [0.5, 0.6) is 11.5 Å². The number of benzene rings is 2. The van der Waals surface area contributed by atoms with Crippen molar-refractivity contribution < 1.29 is 18.3 Å². The Bertz CT molecular complexity index is 1230. The maximum Gasteiger partial charge on any atom is 0.387 e. The van der Waals surface area contributed by atoms with E-state index in [1.165, 1.54) is 6.07 Å². The summed E-state index contributed by atoms with van der Waals surface area (Å²) in [4.78, 5) is 4.46. The monoisotopic (exact) mass is 485 g/mol. The highest BCUT2D eigenvalue weighted by Gasteiger charge is 2.23. The van der Waals surface area contributed by atoms with Gasteiger partial charge in [0.05, 0.1) is 16.8 Å². The van der Waals surface area contributed by atoms with E-state index in [0.29, 0.717) is 23.9 Å². The van der Waals surface area contributed by atoms with Crippen LogP contribution >= 0.6 is 15.9 Å². The van der Waals surface area contributed by atoms with E-state index < -0.39 is 6.61 Å². The van der Waals surface area contributed by atoms with E-state index in [1.807, 2.05) is 36.4 Å². The van der Waals surface area contributed by atoms with E-state index in [4.69, 9.17) is 9.84 Å². The Labute approximate surface area is 185 Å². The molecule has 8 heteroatoms. The second kappa shape index (κ2) is 8.26. The van der Waals surface area contributed by atoms with Gasteiger partial charge in [-0.15, -0.1) is 0 Å². The summed E-state index contributed by atoms with van der Waals surface area (Å²) in [5.74, 6) is 0.798. The van der Waals surface area contributed by atoms with Crippen molar-refractivity contribution in [1.29, 1.82) is 0 Å². The number of hydrogen-bond donors (Lipinski definition) is 0. The molecule has 2 aromatic heterocycles. The maximum atomic E-state index is 12.8. The maximum absolute atomic E-state index is 12.8. The van der Waals surface area contributed by atoms with Crippen molar-refractivity contribution in [3.05, 3.63) is 65.3 Å². The molecule has 5 rings (SSSR count). The first-order valence-corrected chi connectivity index (χ1v) is 10.7. The van der Waals surface area contributed by atoms with Gasteiger partial charge in [0.25, 0.3) is 0 Å². The summed E-state index contributed by atoms with van der Waals surface area (Å²) in [6.45, 7) is -2.43. The Balaban J connectivity index is 1.59. The van der Waals surface area contributed by atoms with Crippen LogP contribution in [-0.2, 0) is 0 Å². The lowest BCUT2D eigenvalue weighted by Crippen LogP contribution is -2.06. The Morgan fingerprint density at radius 2 is 1.84 bits per heavy atom. The van der Waals surface area contributed by atoms with Gasteiger partial charge in [0, 0.05) is 17.3 Å². The SMILES string of the molecule is FC(F)Oc1ccc(-c2ccnc3c(Br)c(-c4ccccc4)nn23)cc1OCC1CC1. The molecular weight excluding hydrogens is 468 g/mol. The highest BCUT2D eigenvalue weighted by Crippen LogP contribution is 2.37. The zero-order valence-electron chi connectivity index (χ0n) is 16.3. The molecule has 2 heterocycles. The Morgan fingerprint density at radius 3 is 2.58 bits per heavy atom. The lowest BCUT2D eigenvalue weighted by Gasteiger charge is -2.14. The summed E-state index contributed by atoms with van der Waals surface area (Å²) in [6, 6.07) is 16.6. The normalized spacial score (nSPS) is 13.7. The first-order valence-electron chi connectivity index (χ1n) is 9.91. The van der Waals surface area contributed by atoms with Gasteiger partial charge in [0.15, 0.2) is 17.1 Å². The van der Waals surface area contributed by atoms with Gasteiger partial charge in [-0.05, 0) is 59.0 Å². The van der Waals surface area contributed by atoms with Crippen molar-refractivity contribution in [2.45, 2.75) is 19.5 Å². The minimum atomic E-state index is -2.92. The van der Waals surface area contributed by atoms with Crippen molar-refractivity contribution in [1.82, 2.24) is 14.6 Å². The van der Waals surface area contributed by atoms with Crippen molar-refractivity contribution in [2.24, 2.45) is 5.92 Å². The Hall–Kier alpha value is -3.00. The molecule has 5 nitrogen and oxygen atoms in total. The van der Waals surface area contributed by atoms with Crippen LogP contribution in [0.15, 0.2) is 65.3 Å². The van der Waals surface area contributed by atoms with Crippen LogP contribution in [0.4, 0.5) is 8.78 Å². The van der Waals surface area contributed by atoms with Gasteiger partial charge in [0.1, 0.15) is 5.69 Å². The molecule has 2 aromatic carbocycles. The molecule has 31 heavy (non-hydrogen) atoms. The highest BCUT2D eigenvalue weighted by atomic mass is 79.9. The van der Waals surface area contributed by atoms with Crippen molar-refractivity contribution in [2.75, 3.05) is 6.61 Å². The van der Waals surface area contributed by atoms with Crippen LogP contribution < -0.4 is 9.47 Å². The summed E-state index contributed by atoms with van der Waals surface area (Å²) in [5.41, 5.74) is 3.90. The molecule has 0 unspecified atom stereocenters. The first kappa shape index (κ1) is 19.9. The number of nitrogens with zero attached hydrogens (tertiary/aromatic N) is 3. The van der Waals surface area contributed by atoms with Gasteiger partial charge >= 0.3 is 6.61 Å². The van der Waals surface area contributed by atoms with Gasteiger partial charge in [0.2, 0.25) is 0 Å². The molecule has 1 fully saturated rings. The molecule has 1 aliphatic rings. The number of halogens is 3. The standard InChI is InChI=1S/C23H18BrF2N3O2/c24-20-21(15-4-2-1-3-5-15)28-29-17(10-11-27-22(20)29)16-8-9-18(31-23(25)26)19(12-16)30-13-14-6-7-14/h1-5,8-12,14,23H,6-7,13H2. The van der Waals surface area contributed by atoms with Gasteiger partial charge in [-0.2, -0.15) is 13.9 Å². The number of fused-ring (bicyclic) bond motifs is 1. The number of alkyl halides is 2. The average Bonchev–Trinajstić information content (AvgIpc) is 3.55. The summed E-state index contributed by atoms with van der Waals surface area (Å²) in [5, 5.41) is 4.76. The largest absolute Gasteiger partial charge is 0.489 e. The van der Waals surface area contributed by atoms with Gasteiger partial charge in [-0.25, -0.2) is 9.50 Å². The van der Waals surface area contributed by atoms with Crippen molar-refractivity contribution >= 4 is 21.6 Å². The molecule has 158 valence electrons. The topological polar surface area (TPSA) is 48.7 Å². The molecule has 0 N–H and O–H groups in total. The Morgan fingerprint density at radius 1 is 1.03 bits per heavy atom. The molecule has 0 atom stereocenters.